The molecule has 0 spiro atoms. The van der Waals surface area contributed by atoms with E-state index in [9.17, 15) is 19.5 Å². The summed E-state index contributed by atoms with van der Waals surface area (Å²) in [6.45, 7) is 3.87. The van der Waals surface area contributed by atoms with E-state index in [-0.39, 0.29) is 47.8 Å². The summed E-state index contributed by atoms with van der Waals surface area (Å²) >= 11 is 0. The van der Waals surface area contributed by atoms with Crippen molar-refractivity contribution in [2.45, 2.75) is 33.2 Å². The van der Waals surface area contributed by atoms with Crippen molar-refractivity contribution in [2.75, 3.05) is 14.2 Å². The molecule has 0 radical (unpaired) electrons. The van der Waals surface area contributed by atoms with Gasteiger partial charge in [0, 0.05) is 18.9 Å². The first-order valence-electron chi connectivity index (χ1n) is 9.11. The van der Waals surface area contributed by atoms with Gasteiger partial charge >= 0.3 is 11.9 Å². The van der Waals surface area contributed by atoms with Crippen LogP contribution in [0.4, 0.5) is 0 Å². The Kier molecular flexibility index (Phi) is 7.09. The number of ketones is 1. The second-order valence-electron chi connectivity index (χ2n) is 7.49. The van der Waals surface area contributed by atoms with Crippen molar-refractivity contribution < 1.29 is 29.0 Å². The third-order valence-corrected chi connectivity index (χ3v) is 4.48. The molecule has 7 nitrogen and oxygen atoms in total. The second-order valence-corrected chi connectivity index (χ2v) is 7.49. The first kappa shape index (κ1) is 22.1. The van der Waals surface area contributed by atoms with Crippen LogP contribution in [0.3, 0.4) is 0 Å². The van der Waals surface area contributed by atoms with E-state index in [0.29, 0.717) is 0 Å². The minimum absolute atomic E-state index is 0.0687. The van der Waals surface area contributed by atoms with Gasteiger partial charge in [-0.2, -0.15) is 0 Å². The number of aliphatic hydroxyl groups excluding tert-OH is 1. The Balaban J connectivity index is 2.64. The highest BCUT2D eigenvalue weighted by Gasteiger charge is 2.37. The normalized spacial score (nSPS) is 17.2. The van der Waals surface area contributed by atoms with Gasteiger partial charge in [0.25, 0.3) is 0 Å². The Morgan fingerprint density at radius 2 is 1.79 bits per heavy atom. The van der Waals surface area contributed by atoms with E-state index in [1.165, 1.54) is 7.11 Å². The number of rotatable bonds is 6. The van der Waals surface area contributed by atoms with Crippen LogP contribution in [0, 0.1) is 5.41 Å². The lowest BCUT2D eigenvalue weighted by molar-refractivity contribution is -0.138. The molecule has 1 aliphatic carbocycles. The van der Waals surface area contributed by atoms with Crippen molar-refractivity contribution in [2.24, 2.45) is 10.4 Å². The van der Waals surface area contributed by atoms with Gasteiger partial charge in [0.05, 0.1) is 37.6 Å². The number of benzene rings is 1. The van der Waals surface area contributed by atoms with Crippen LogP contribution in [0.25, 0.3) is 0 Å². The van der Waals surface area contributed by atoms with E-state index in [2.05, 4.69) is 9.73 Å². The Morgan fingerprint density at radius 1 is 1.14 bits per heavy atom. The summed E-state index contributed by atoms with van der Waals surface area (Å²) in [7, 11) is 2.32. The van der Waals surface area contributed by atoms with Crippen molar-refractivity contribution in [1.29, 1.82) is 0 Å². The molecule has 1 aromatic carbocycles. The molecule has 0 atom stereocenters. The van der Waals surface area contributed by atoms with E-state index >= 15 is 0 Å². The van der Waals surface area contributed by atoms with Gasteiger partial charge in [-0.05, 0) is 11.0 Å². The van der Waals surface area contributed by atoms with Crippen molar-refractivity contribution in [1.82, 2.24) is 0 Å². The van der Waals surface area contributed by atoms with E-state index in [0.717, 1.165) is 18.7 Å². The van der Waals surface area contributed by atoms with Crippen molar-refractivity contribution in [3.8, 4) is 0 Å². The number of hydrogen-bond donors (Lipinski definition) is 1. The van der Waals surface area contributed by atoms with Gasteiger partial charge in [0.15, 0.2) is 5.78 Å². The van der Waals surface area contributed by atoms with Gasteiger partial charge in [-0.15, -0.1) is 0 Å². The summed E-state index contributed by atoms with van der Waals surface area (Å²) in [5.41, 5.74) is 0.0120. The highest BCUT2D eigenvalue weighted by Crippen LogP contribution is 2.37. The Labute approximate surface area is 169 Å². The molecule has 1 N–H and O–H groups in total. The molecule has 0 saturated heterocycles. The van der Waals surface area contributed by atoms with Crippen molar-refractivity contribution in [3.05, 3.63) is 58.9 Å². The molecule has 0 unspecified atom stereocenters. The number of aliphatic hydroxyl groups is 1. The average molecular weight is 399 g/mol. The molecular weight excluding hydrogens is 374 g/mol. The van der Waals surface area contributed by atoms with Crippen molar-refractivity contribution >= 4 is 23.4 Å². The van der Waals surface area contributed by atoms with Gasteiger partial charge in [-0.3, -0.25) is 9.79 Å². The number of hydrogen-bond acceptors (Lipinski definition) is 7. The fourth-order valence-corrected chi connectivity index (χ4v) is 3.12. The van der Waals surface area contributed by atoms with Gasteiger partial charge in [0.1, 0.15) is 5.76 Å². The number of carbonyl (C=O) groups is 3. The largest absolute Gasteiger partial charge is 0.511 e. The molecule has 29 heavy (non-hydrogen) atoms. The number of esters is 2. The SMILES string of the molecule is COC(=O)C=C(C(=O)OC)C(=NCc1ccccc1)C1=C(O)CC(C)(C)CC1=O. The van der Waals surface area contributed by atoms with Gasteiger partial charge in [0.2, 0.25) is 0 Å². The smallest absolute Gasteiger partial charge is 0.340 e. The average Bonchev–Trinajstić information content (AvgIpc) is 2.67. The Morgan fingerprint density at radius 3 is 2.34 bits per heavy atom. The zero-order chi connectivity index (χ0) is 21.6. The number of allylic oxidation sites excluding steroid dienone is 2. The predicted molar refractivity (Wildman–Crippen MR) is 107 cm³/mol. The molecule has 0 aliphatic heterocycles. The molecule has 1 aromatic rings. The summed E-state index contributed by atoms with van der Waals surface area (Å²) in [5.74, 6) is -2.19. The molecule has 2 rings (SSSR count). The Hall–Kier alpha value is -3.22. The minimum Gasteiger partial charge on any atom is -0.511 e. The van der Waals surface area contributed by atoms with Crippen LogP contribution in [0.5, 0.6) is 0 Å². The lowest BCUT2D eigenvalue weighted by atomic mass is 9.75. The van der Waals surface area contributed by atoms with Gasteiger partial charge in [-0.25, -0.2) is 9.59 Å². The first-order chi connectivity index (χ1) is 13.7. The number of nitrogens with zero attached hydrogens (tertiary/aromatic N) is 1. The maximum absolute atomic E-state index is 12.8. The van der Waals surface area contributed by atoms with E-state index in [1.54, 1.807) is 0 Å². The third-order valence-electron chi connectivity index (χ3n) is 4.48. The summed E-state index contributed by atoms with van der Waals surface area (Å²) in [5, 5.41) is 10.6. The minimum atomic E-state index is -0.861. The van der Waals surface area contributed by atoms with Crippen LogP contribution >= 0.6 is 0 Å². The summed E-state index contributed by atoms with van der Waals surface area (Å²) < 4.78 is 9.40. The number of ether oxygens (including phenoxy) is 2. The van der Waals surface area contributed by atoms with Crippen LogP contribution < -0.4 is 0 Å². The topological polar surface area (TPSA) is 102 Å². The van der Waals surface area contributed by atoms with Crippen LogP contribution in [0.15, 0.2) is 58.3 Å². The highest BCUT2D eigenvalue weighted by atomic mass is 16.5. The van der Waals surface area contributed by atoms with Crippen LogP contribution in [0.2, 0.25) is 0 Å². The predicted octanol–water partition coefficient (Wildman–Crippen LogP) is 3.10. The number of aliphatic imine (C=N–C) groups is 1. The molecule has 0 aromatic heterocycles. The molecule has 0 heterocycles. The lowest BCUT2D eigenvalue weighted by Gasteiger charge is -2.30. The van der Waals surface area contributed by atoms with E-state index < -0.39 is 17.4 Å². The van der Waals surface area contributed by atoms with Crippen LogP contribution in [-0.4, -0.2) is 42.8 Å². The van der Waals surface area contributed by atoms with Gasteiger partial charge < -0.3 is 14.6 Å². The van der Waals surface area contributed by atoms with E-state index in [1.807, 2.05) is 44.2 Å². The van der Waals surface area contributed by atoms with E-state index in [4.69, 9.17) is 4.74 Å². The Bertz CT molecular complexity index is 893. The van der Waals surface area contributed by atoms with Crippen LogP contribution in [0.1, 0.15) is 32.3 Å². The number of carbonyl (C=O) groups excluding carboxylic acids is 3. The second kappa shape index (κ2) is 9.32. The van der Waals surface area contributed by atoms with Crippen molar-refractivity contribution in [3.63, 3.8) is 0 Å². The first-order valence-corrected chi connectivity index (χ1v) is 9.11. The molecule has 0 fully saturated rings. The van der Waals surface area contributed by atoms with Gasteiger partial charge in [-0.1, -0.05) is 44.2 Å². The molecule has 0 bridgehead atoms. The standard InChI is InChI=1S/C22H25NO6/c1-22(2)11-16(24)19(17(25)12-22)20(23-13-14-8-6-5-7-9-14)15(21(27)29-4)10-18(26)28-3/h5-10,24H,11-13H2,1-4H3. The van der Waals surface area contributed by atoms with Crippen LogP contribution in [-0.2, 0) is 30.4 Å². The zero-order valence-electron chi connectivity index (χ0n) is 17.0. The molecule has 154 valence electrons. The lowest BCUT2D eigenvalue weighted by Crippen LogP contribution is -2.31. The zero-order valence-corrected chi connectivity index (χ0v) is 17.0. The fourth-order valence-electron chi connectivity index (χ4n) is 3.12. The summed E-state index contributed by atoms with van der Waals surface area (Å²) in [4.78, 5) is 41.5. The maximum atomic E-state index is 12.8. The molecule has 7 heteroatoms. The molecule has 1 aliphatic rings. The monoisotopic (exact) mass is 399 g/mol. The number of methoxy groups -OCH3 is 2. The quantitative estimate of drug-likeness (QED) is 0.448. The third kappa shape index (κ3) is 5.63. The number of Topliss-reactive ketones (excluding diaryl/α,β-unsaturated/α-hetero) is 1. The maximum Gasteiger partial charge on any atom is 0.340 e. The molecule has 0 amide bonds. The molecular formula is C22H25NO6. The summed E-state index contributed by atoms with van der Waals surface area (Å²) in [6, 6.07) is 9.19. The fraction of sp³-hybridized carbons (Fsp3) is 0.364. The summed E-state index contributed by atoms with van der Waals surface area (Å²) in [6.07, 6.45) is 1.33. The molecule has 0 saturated carbocycles. The highest BCUT2D eigenvalue weighted by molar-refractivity contribution is 6.37.